The zero-order valence-corrected chi connectivity index (χ0v) is 12.1. The van der Waals surface area contributed by atoms with Gasteiger partial charge in [-0.25, -0.2) is 4.98 Å². The number of hydrogen-bond acceptors (Lipinski definition) is 5. The van der Waals surface area contributed by atoms with E-state index in [4.69, 9.17) is 4.74 Å². The van der Waals surface area contributed by atoms with Gasteiger partial charge in [0.25, 0.3) is 0 Å². The van der Waals surface area contributed by atoms with Gasteiger partial charge in [0.05, 0.1) is 12.8 Å². The van der Waals surface area contributed by atoms with Crippen LogP contribution in [-0.4, -0.2) is 23.7 Å². The summed E-state index contributed by atoms with van der Waals surface area (Å²) in [5.74, 6) is 0.609. The summed E-state index contributed by atoms with van der Waals surface area (Å²) in [4.78, 5) is 4.62. The Kier molecular flexibility index (Phi) is 4.39. The molecule has 0 aliphatic rings. The van der Waals surface area contributed by atoms with E-state index in [0.29, 0.717) is 5.75 Å². The second-order valence-corrected chi connectivity index (χ2v) is 5.10. The van der Waals surface area contributed by atoms with E-state index in [0.717, 1.165) is 22.8 Å². The van der Waals surface area contributed by atoms with E-state index < -0.39 is 0 Å². The summed E-state index contributed by atoms with van der Waals surface area (Å²) in [5.41, 5.74) is 1.99. The molecule has 1 unspecified atom stereocenters. The number of phenolic OH excluding ortho intramolecular Hbond substituents is 1. The first-order valence-corrected chi connectivity index (χ1v) is 7.09. The van der Waals surface area contributed by atoms with E-state index >= 15 is 0 Å². The number of nitrogens with one attached hydrogen (secondary N) is 1. The Balaban J connectivity index is 2.27. The van der Waals surface area contributed by atoms with Crippen molar-refractivity contribution in [3.63, 3.8) is 0 Å². The largest absolute Gasteiger partial charge is 0.504 e. The van der Waals surface area contributed by atoms with Crippen LogP contribution in [0.2, 0.25) is 0 Å². The maximum atomic E-state index is 9.59. The number of benzene rings is 1. The van der Waals surface area contributed by atoms with Gasteiger partial charge in [-0.1, -0.05) is 6.92 Å². The normalized spacial score (nSPS) is 12.4. The maximum Gasteiger partial charge on any atom is 0.161 e. The fourth-order valence-electron chi connectivity index (χ4n) is 1.84. The third kappa shape index (κ3) is 3.05. The van der Waals surface area contributed by atoms with E-state index in [9.17, 15) is 5.11 Å². The highest BCUT2D eigenvalue weighted by molar-refractivity contribution is 7.13. The van der Waals surface area contributed by atoms with E-state index in [1.54, 1.807) is 30.6 Å². The second kappa shape index (κ2) is 6.04. The highest BCUT2D eigenvalue weighted by Crippen LogP contribution is 2.33. The third-order valence-electron chi connectivity index (χ3n) is 2.90. The molecule has 1 aromatic carbocycles. The van der Waals surface area contributed by atoms with Crippen LogP contribution >= 0.6 is 11.3 Å². The lowest BCUT2D eigenvalue weighted by atomic mass is 10.2. The minimum Gasteiger partial charge on any atom is -0.504 e. The molecule has 0 amide bonds. The lowest BCUT2D eigenvalue weighted by molar-refractivity contribution is 0.373. The van der Waals surface area contributed by atoms with E-state index in [1.807, 2.05) is 6.07 Å². The van der Waals surface area contributed by atoms with Crippen molar-refractivity contribution in [1.29, 1.82) is 0 Å². The molecule has 0 saturated heterocycles. The van der Waals surface area contributed by atoms with Gasteiger partial charge in [0.1, 0.15) is 5.01 Å². The molecule has 0 bridgehead atoms. The predicted molar refractivity (Wildman–Crippen MR) is 77.9 cm³/mol. The van der Waals surface area contributed by atoms with Crippen LogP contribution < -0.4 is 10.1 Å². The van der Waals surface area contributed by atoms with Crippen molar-refractivity contribution < 1.29 is 9.84 Å². The SMILES string of the molecule is CCNC(C)c1csc(-c2ccc(O)c(OC)c2)n1. The molecule has 2 rings (SSSR count). The van der Waals surface area contributed by atoms with Crippen molar-refractivity contribution in [2.45, 2.75) is 19.9 Å². The summed E-state index contributed by atoms with van der Waals surface area (Å²) in [6, 6.07) is 5.52. The summed E-state index contributed by atoms with van der Waals surface area (Å²) < 4.78 is 5.11. The van der Waals surface area contributed by atoms with E-state index in [1.165, 1.54) is 0 Å². The van der Waals surface area contributed by atoms with Crippen molar-refractivity contribution in [3.05, 3.63) is 29.3 Å². The summed E-state index contributed by atoms with van der Waals surface area (Å²) in [7, 11) is 1.54. The lowest BCUT2D eigenvalue weighted by Gasteiger charge is -2.08. The van der Waals surface area contributed by atoms with Gasteiger partial charge in [-0.05, 0) is 31.7 Å². The van der Waals surface area contributed by atoms with Crippen LogP contribution in [0.5, 0.6) is 11.5 Å². The monoisotopic (exact) mass is 278 g/mol. The average Bonchev–Trinajstić information content (AvgIpc) is 2.89. The van der Waals surface area contributed by atoms with Crippen LogP contribution in [0.1, 0.15) is 25.6 Å². The fourth-order valence-corrected chi connectivity index (χ4v) is 2.75. The standard InChI is InChI=1S/C14H18N2O2S/c1-4-15-9(2)11-8-19-14(16-11)10-5-6-12(17)13(7-10)18-3/h5-9,15,17H,4H2,1-3H3. The maximum absolute atomic E-state index is 9.59. The van der Waals surface area contributed by atoms with Crippen molar-refractivity contribution >= 4 is 11.3 Å². The molecule has 0 spiro atoms. The Morgan fingerprint density at radius 2 is 2.26 bits per heavy atom. The van der Waals surface area contributed by atoms with E-state index in [-0.39, 0.29) is 11.8 Å². The first kappa shape index (κ1) is 13.8. The molecule has 0 radical (unpaired) electrons. The van der Waals surface area contributed by atoms with Crippen LogP contribution in [0, 0.1) is 0 Å². The number of hydrogen-bond donors (Lipinski definition) is 2. The smallest absolute Gasteiger partial charge is 0.161 e. The van der Waals surface area contributed by atoms with Gasteiger partial charge >= 0.3 is 0 Å². The Bertz CT molecular complexity index is 554. The van der Waals surface area contributed by atoms with Crippen LogP contribution in [0.3, 0.4) is 0 Å². The Morgan fingerprint density at radius 1 is 1.47 bits per heavy atom. The number of aromatic nitrogens is 1. The van der Waals surface area contributed by atoms with Crippen LogP contribution in [0.25, 0.3) is 10.6 Å². The molecule has 0 saturated carbocycles. The molecule has 19 heavy (non-hydrogen) atoms. The Hall–Kier alpha value is -1.59. The van der Waals surface area contributed by atoms with Gasteiger partial charge in [0, 0.05) is 17.0 Å². The molecule has 0 fully saturated rings. The van der Waals surface area contributed by atoms with E-state index in [2.05, 4.69) is 29.5 Å². The molecular formula is C14H18N2O2S. The lowest BCUT2D eigenvalue weighted by Crippen LogP contribution is -2.17. The molecule has 5 heteroatoms. The zero-order chi connectivity index (χ0) is 13.8. The minimum atomic E-state index is 0.143. The molecule has 1 heterocycles. The topological polar surface area (TPSA) is 54.4 Å². The summed E-state index contributed by atoms with van der Waals surface area (Å²) in [6.07, 6.45) is 0. The Morgan fingerprint density at radius 3 is 2.95 bits per heavy atom. The van der Waals surface area contributed by atoms with Crippen LogP contribution in [0.4, 0.5) is 0 Å². The predicted octanol–water partition coefficient (Wildman–Crippen LogP) is 3.19. The van der Waals surface area contributed by atoms with Crippen LogP contribution in [-0.2, 0) is 0 Å². The minimum absolute atomic E-state index is 0.143. The van der Waals surface area contributed by atoms with Crippen molar-refractivity contribution in [3.8, 4) is 22.1 Å². The van der Waals surface area contributed by atoms with Crippen molar-refractivity contribution in [2.24, 2.45) is 0 Å². The molecule has 1 atom stereocenters. The number of phenols is 1. The summed E-state index contributed by atoms with van der Waals surface area (Å²) in [5, 5.41) is 15.9. The number of rotatable bonds is 5. The fraction of sp³-hybridized carbons (Fsp3) is 0.357. The molecular weight excluding hydrogens is 260 g/mol. The number of aromatic hydroxyl groups is 1. The second-order valence-electron chi connectivity index (χ2n) is 4.24. The first-order chi connectivity index (χ1) is 9.15. The van der Waals surface area contributed by atoms with Gasteiger partial charge in [-0.2, -0.15) is 0 Å². The van der Waals surface area contributed by atoms with Gasteiger partial charge in [0.15, 0.2) is 11.5 Å². The highest BCUT2D eigenvalue weighted by atomic mass is 32.1. The molecule has 0 aliphatic heterocycles. The molecule has 4 nitrogen and oxygen atoms in total. The summed E-state index contributed by atoms with van der Waals surface area (Å²) in [6.45, 7) is 5.09. The number of nitrogens with zero attached hydrogens (tertiary/aromatic N) is 1. The molecule has 1 aromatic heterocycles. The number of thiazole rings is 1. The molecule has 102 valence electrons. The first-order valence-electron chi connectivity index (χ1n) is 6.22. The van der Waals surface area contributed by atoms with Crippen molar-refractivity contribution in [2.75, 3.05) is 13.7 Å². The highest BCUT2D eigenvalue weighted by Gasteiger charge is 2.11. The molecule has 2 N–H and O–H groups in total. The van der Waals surface area contributed by atoms with Gasteiger partial charge < -0.3 is 15.2 Å². The summed E-state index contributed by atoms with van der Waals surface area (Å²) >= 11 is 1.59. The number of methoxy groups -OCH3 is 1. The molecule has 2 aromatic rings. The quantitative estimate of drug-likeness (QED) is 0.882. The number of ether oxygens (including phenoxy) is 1. The molecule has 0 aliphatic carbocycles. The Labute approximate surface area is 117 Å². The van der Waals surface area contributed by atoms with Crippen molar-refractivity contribution in [1.82, 2.24) is 10.3 Å². The van der Waals surface area contributed by atoms with Gasteiger partial charge in [-0.15, -0.1) is 11.3 Å². The average molecular weight is 278 g/mol. The third-order valence-corrected chi connectivity index (χ3v) is 3.81. The van der Waals surface area contributed by atoms with Gasteiger partial charge in [-0.3, -0.25) is 0 Å². The zero-order valence-electron chi connectivity index (χ0n) is 11.3. The van der Waals surface area contributed by atoms with Crippen LogP contribution in [0.15, 0.2) is 23.6 Å². The van der Waals surface area contributed by atoms with Gasteiger partial charge in [0.2, 0.25) is 0 Å².